The highest BCUT2D eigenvalue weighted by Crippen LogP contribution is 2.51. The average Bonchev–Trinajstić information content (AvgIpc) is 1.58. The number of esters is 2. The number of nitrogens with zero attached hydrogens (tertiary/aromatic N) is 4. The van der Waals surface area contributed by atoms with Gasteiger partial charge in [-0.15, -0.1) is 0 Å². The summed E-state index contributed by atoms with van der Waals surface area (Å²) in [5, 5.41) is 30.6. The molecule has 8 bridgehead atoms. The fraction of sp³-hybridized carbons (Fsp3) is 0.611. The molecule has 508 valence electrons. The van der Waals surface area contributed by atoms with E-state index < -0.39 is 83.3 Å². The molecule has 20 heteroatoms. The molecule has 2 aromatic carbocycles. The predicted octanol–water partition coefficient (Wildman–Crippen LogP) is 11.3. The zero-order valence-corrected chi connectivity index (χ0v) is 59.5. The Morgan fingerprint density at radius 1 is 0.630 bits per heavy atom. The number of fused-ring (bicyclic) bond motifs is 10. The number of aryl methyl sites for hydroxylation is 2. The largest absolute Gasteiger partial charge is 0.476 e. The van der Waals surface area contributed by atoms with E-state index in [2.05, 4.69) is 23.8 Å². The maximum Gasteiger partial charge on any atom is 0.323 e. The Labute approximate surface area is 557 Å². The van der Waals surface area contributed by atoms with Gasteiger partial charge in [-0.05, 0) is 158 Å². The molecule has 6 aliphatic rings. The summed E-state index contributed by atoms with van der Waals surface area (Å²) < 4.78 is 37.3. The van der Waals surface area contributed by atoms with E-state index in [0.29, 0.717) is 34.3 Å². The van der Waals surface area contributed by atoms with E-state index in [0.717, 1.165) is 33.4 Å². The number of aliphatic hydroxyl groups is 2. The lowest BCUT2D eigenvalue weighted by Crippen LogP contribution is -2.57. The molecular weight excluding hydrogens is 1210 g/mol. The van der Waals surface area contributed by atoms with Crippen LogP contribution < -0.4 is 20.4 Å². The summed E-state index contributed by atoms with van der Waals surface area (Å²) >= 11 is 13.5. The van der Waals surface area contributed by atoms with E-state index in [9.17, 15) is 29.4 Å². The number of benzene rings is 2. The smallest absolute Gasteiger partial charge is 0.323 e. The maximum absolute atomic E-state index is 14.0. The monoisotopic (exact) mass is 1310 g/mol. The van der Waals surface area contributed by atoms with Crippen LogP contribution in [0.2, 0.25) is 10.0 Å². The van der Waals surface area contributed by atoms with Gasteiger partial charge in [0.1, 0.15) is 59.2 Å². The second kappa shape index (κ2) is 29.1. The number of nitrogens with one attached hydrogen (secondary N) is 2. The first kappa shape index (κ1) is 73.7. The molecule has 6 aliphatic heterocycles. The molecule has 0 spiro atoms. The summed E-state index contributed by atoms with van der Waals surface area (Å²) in [7, 11) is 7.13. The number of likely N-dealkylation sites (N-methyl/N-ethyl adjacent to an activating group) is 2. The Morgan fingerprint density at radius 3 is 1.29 bits per heavy atom. The SMILES string of the molecule is C=C1NC2(O)CC(O1)C(C)C1OC1(C)C(OC(=O)[C@H](C)N(C)C(C)C)CC(=O)N(C)c1cc(cc(C)c1Cl)C/C(C)=C/C=C/C2C.C=C1N[C@]2(O)C[C@H](O1)[C@@H](C)[C@@H]1O[C@@]1(C)[C@@H](OC(=O)[C@H](C)N(C)C(C)C)CC(=O)N(C)c1cc(cc(C)c1Cl)C/C(C)=C/C=C/[C@H]2C. The minimum absolute atomic E-state index is 0.108. The van der Waals surface area contributed by atoms with Gasteiger partial charge in [0.25, 0.3) is 0 Å². The van der Waals surface area contributed by atoms with E-state index in [4.69, 9.17) is 51.6 Å². The molecule has 8 rings (SSSR count). The van der Waals surface area contributed by atoms with E-state index in [1.807, 2.05) is 182 Å². The van der Waals surface area contributed by atoms with E-state index >= 15 is 0 Å². The van der Waals surface area contributed by atoms with Gasteiger partial charge < -0.3 is 59.1 Å². The predicted molar refractivity (Wildman–Crippen MR) is 363 cm³/mol. The van der Waals surface area contributed by atoms with Gasteiger partial charge in [0.15, 0.2) is 11.8 Å². The molecule has 4 fully saturated rings. The molecule has 16 atom stereocenters. The molecule has 0 saturated carbocycles. The van der Waals surface area contributed by atoms with Crippen molar-refractivity contribution in [3.8, 4) is 0 Å². The lowest BCUT2D eigenvalue weighted by atomic mass is 9.82. The molecule has 2 amide bonds. The molecular formula is C72H104Cl2N6O12. The van der Waals surface area contributed by atoms with Crippen LogP contribution in [-0.2, 0) is 60.4 Å². The van der Waals surface area contributed by atoms with Crippen LogP contribution in [0.5, 0.6) is 0 Å². The fourth-order valence-corrected chi connectivity index (χ4v) is 13.5. The molecule has 0 aromatic heterocycles. The van der Waals surface area contributed by atoms with Crippen molar-refractivity contribution in [1.29, 1.82) is 0 Å². The van der Waals surface area contributed by atoms with Gasteiger partial charge in [0.05, 0.1) is 46.5 Å². The van der Waals surface area contributed by atoms with Crippen molar-refractivity contribution in [3.63, 3.8) is 0 Å². The van der Waals surface area contributed by atoms with Crippen LogP contribution in [0.1, 0.15) is 145 Å². The van der Waals surface area contributed by atoms with Gasteiger partial charge in [-0.2, -0.15) is 0 Å². The summed E-state index contributed by atoms with van der Waals surface area (Å²) in [6, 6.07) is 7.08. The number of halogens is 2. The van der Waals surface area contributed by atoms with Crippen molar-refractivity contribution in [2.75, 3.05) is 38.0 Å². The third-order valence-corrected chi connectivity index (χ3v) is 21.4. The lowest BCUT2D eigenvalue weighted by Gasteiger charge is -2.44. The molecule has 4 N–H and O–H groups in total. The Morgan fingerprint density at radius 2 is 0.967 bits per heavy atom. The molecule has 4 saturated heterocycles. The van der Waals surface area contributed by atoms with Crippen LogP contribution in [0.15, 0.2) is 96.8 Å². The summed E-state index contributed by atoms with van der Waals surface area (Å²) in [5.74, 6) is -1.82. The number of anilines is 2. The molecule has 18 nitrogen and oxygen atoms in total. The van der Waals surface area contributed by atoms with Crippen molar-refractivity contribution in [2.24, 2.45) is 23.7 Å². The van der Waals surface area contributed by atoms with Crippen LogP contribution in [-0.4, -0.2) is 155 Å². The number of amides is 2. The molecule has 0 radical (unpaired) electrons. The second-order valence-electron chi connectivity index (χ2n) is 28.1. The topological polar surface area (TPSA) is 208 Å². The number of ether oxygens (including phenoxy) is 6. The lowest BCUT2D eigenvalue weighted by molar-refractivity contribution is -0.160. The first-order chi connectivity index (χ1) is 42.7. The summed E-state index contributed by atoms with van der Waals surface area (Å²) in [6.45, 7) is 39.2. The molecule has 0 aliphatic carbocycles. The van der Waals surface area contributed by atoms with Gasteiger partial charge >= 0.3 is 11.9 Å². The Hall–Kier alpha value is -5.70. The van der Waals surface area contributed by atoms with Crippen LogP contribution in [0.25, 0.3) is 0 Å². The highest BCUT2D eigenvalue weighted by Gasteiger charge is 2.66. The van der Waals surface area contributed by atoms with Crippen molar-refractivity contribution in [2.45, 2.75) is 233 Å². The summed E-state index contributed by atoms with van der Waals surface area (Å²) in [5.41, 5.74) is 2.59. The van der Waals surface area contributed by atoms with Gasteiger partial charge in [-0.1, -0.05) is 111 Å². The number of hydrogen-bond donors (Lipinski definition) is 4. The third-order valence-electron chi connectivity index (χ3n) is 20.4. The third kappa shape index (κ3) is 16.5. The fourth-order valence-electron chi connectivity index (χ4n) is 13.0. The van der Waals surface area contributed by atoms with E-state index in [1.54, 1.807) is 37.7 Å². The van der Waals surface area contributed by atoms with Gasteiger partial charge in [0.2, 0.25) is 11.8 Å². The summed E-state index contributed by atoms with van der Waals surface area (Å²) in [6.07, 6.45) is 10.1. The highest BCUT2D eigenvalue weighted by atomic mass is 35.5. The number of rotatable bonds is 8. The van der Waals surface area contributed by atoms with Gasteiger partial charge in [-0.3, -0.25) is 29.0 Å². The summed E-state index contributed by atoms with van der Waals surface area (Å²) in [4.78, 5) is 61.9. The van der Waals surface area contributed by atoms with Crippen LogP contribution in [0.3, 0.4) is 0 Å². The zero-order valence-electron chi connectivity index (χ0n) is 58.0. The Balaban J connectivity index is 0.000000261. The van der Waals surface area contributed by atoms with Gasteiger partial charge in [0, 0.05) is 62.7 Å². The van der Waals surface area contributed by atoms with Crippen molar-refractivity contribution in [3.05, 3.63) is 129 Å². The number of hydrogen-bond acceptors (Lipinski definition) is 16. The highest BCUT2D eigenvalue weighted by molar-refractivity contribution is 6.35. The Kier molecular flexibility index (Phi) is 23.3. The molecule has 7 unspecified atom stereocenters. The Bertz CT molecular complexity index is 3030. The first-order valence-corrected chi connectivity index (χ1v) is 33.2. The standard InChI is InChI=1S/2C36H52ClN3O6/c2*1-20(2)39(10)25(7)34(42)45-30-18-31(41)40(11)28-17-27(16-22(4)32(28)37)15-21(3)13-12-14-23(5)36(43)19-29(44-26(8)38-36)24(6)33-35(30,9)46-33/h2*12-14,16-17,20,23-25,29-30,33,38,43H,8,15,18-19H2,1-7,9-11H3/b2*14-12+,21-13+/t23?,24?,25-,29?,30?,33?,35?,36?;23-,24-,25+,29+,30+,33+,35+,36+/m01/s1. The number of allylic oxidation sites excluding steroid dienone is 6. The minimum Gasteiger partial charge on any atom is -0.476 e. The van der Waals surface area contributed by atoms with Crippen molar-refractivity contribution in [1.82, 2.24) is 20.4 Å². The van der Waals surface area contributed by atoms with E-state index in [-0.39, 0.29) is 85.0 Å². The van der Waals surface area contributed by atoms with Crippen LogP contribution >= 0.6 is 23.2 Å². The number of epoxide rings is 2. The zero-order chi connectivity index (χ0) is 68.6. The second-order valence-corrected chi connectivity index (χ2v) is 28.8. The quantitative estimate of drug-likeness (QED) is 0.143. The first-order valence-electron chi connectivity index (χ1n) is 32.5. The minimum atomic E-state index is -1.30. The van der Waals surface area contributed by atoms with Crippen LogP contribution in [0, 0.1) is 37.5 Å². The van der Waals surface area contributed by atoms with Crippen LogP contribution in [0.4, 0.5) is 11.4 Å². The van der Waals surface area contributed by atoms with Crippen molar-refractivity contribution >= 4 is 58.3 Å². The van der Waals surface area contributed by atoms with Gasteiger partial charge in [-0.25, -0.2) is 0 Å². The number of carbonyl (C=O) groups is 4. The maximum atomic E-state index is 14.0. The molecule has 6 heterocycles. The average molecular weight is 1320 g/mol. The van der Waals surface area contributed by atoms with E-state index in [1.165, 1.54) is 0 Å². The number of carbonyl (C=O) groups excluding carboxylic acids is 4. The van der Waals surface area contributed by atoms with Crippen molar-refractivity contribution < 1.29 is 57.8 Å². The molecule has 2 aromatic rings. The molecule has 92 heavy (non-hydrogen) atoms. The normalized spacial score (nSPS) is 34.6.